The molecule has 4 rings (SSSR count). The number of sulfonamides is 1. The summed E-state index contributed by atoms with van der Waals surface area (Å²) in [5.74, 6) is -1.56. The second-order valence-electron chi connectivity index (χ2n) is 8.71. The van der Waals surface area contributed by atoms with E-state index in [1.54, 1.807) is 52.0 Å². The standard InChI is InChI=1S/C25H25N5O5S/c1-14(2)22(30-24(32)19-7-5-6-8-20(19)25(30)33)23(31)28-17-9-11-18(12-10-17)36(34,35)29-21-13-15(3)26-16(4)27-21/h5-14,22H,1-4H3,(H2,26,27,28,29,31)/p-1. The lowest BCUT2D eigenvalue weighted by Crippen LogP contribution is -2.50. The largest absolute Gasteiger partial charge is 0.423 e. The summed E-state index contributed by atoms with van der Waals surface area (Å²) in [6.45, 7) is 6.83. The van der Waals surface area contributed by atoms with Crippen LogP contribution in [0.25, 0.3) is 4.72 Å². The van der Waals surface area contributed by atoms with Crippen molar-refractivity contribution in [3.8, 4) is 0 Å². The van der Waals surface area contributed by atoms with Crippen LogP contribution in [-0.2, 0) is 14.8 Å². The molecule has 3 aromatic rings. The summed E-state index contributed by atoms with van der Waals surface area (Å²) in [4.78, 5) is 48.0. The zero-order valence-electron chi connectivity index (χ0n) is 20.1. The number of amides is 3. The van der Waals surface area contributed by atoms with Gasteiger partial charge in [-0.25, -0.2) is 8.42 Å². The van der Waals surface area contributed by atoms with Crippen molar-refractivity contribution >= 4 is 39.3 Å². The van der Waals surface area contributed by atoms with Gasteiger partial charge in [0.15, 0.2) is 0 Å². The van der Waals surface area contributed by atoms with Crippen molar-refractivity contribution in [2.24, 2.45) is 5.92 Å². The van der Waals surface area contributed by atoms with Crippen LogP contribution >= 0.6 is 0 Å². The van der Waals surface area contributed by atoms with E-state index in [4.69, 9.17) is 0 Å². The van der Waals surface area contributed by atoms with Crippen LogP contribution in [0.4, 0.5) is 11.5 Å². The Kier molecular flexibility index (Phi) is 6.59. The fourth-order valence-electron chi connectivity index (χ4n) is 4.03. The quantitative estimate of drug-likeness (QED) is 0.481. The molecule has 2 heterocycles. The summed E-state index contributed by atoms with van der Waals surface area (Å²) in [6, 6.07) is 12.3. The molecular weight excluding hydrogens is 482 g/mol. The van der Waals surface area contributed by atoms with Gasteiger partial charge >= 0.3 is 0 Å². The molecule has 1 atom stereocenters. The summed E-state index contributed by atoms with van der Waals surface area (Å²) >= 11 is 0. The van der Waals surface area contributed by atoms with Gasteiger partial charge in [0.05, 0.1) is 16.0 Å². The van der Waals surface area contributed by atoms with Gasteiger partial charge in [-0.2, -0.15) is 0 Å². The molecule has 10 nitrogen and oxygen atoms in total. The maximum Gasteiger partial charge on any atom is 0.262 e. The van der Waals surface area contributed by atoms with Crippen molar-refractivity contribution in [2.75, 3.05) is 5.32 Å². The minimum atomic E-state index is -4.06. The smallest absolute Gasteiger partial charge is 0.262 e. The van der Waals surface area contributed by atoms with Gasteiger partial charge in [-0.15, -0.1) is 0 Å². The molecule has 0 fully saturated rings. The molecule has 1 aliphatic heterocycles. The van der Waals surface area contributed by atoms with Crippen molar-refractivity contribution in [3.63, 3.8) is 0 Å². The molecule has 2 aromatic carbocycles. The van der Waals surface area contributed by atoms with E-state index in [1.165, 1.54) is 30.3 Å². The van der Waals surface area contributed by atoms with Crippen LogP contribution in [0.5, 0.6) is 0 Å². The highest BCUT2D eigenvalue weighted by atomic mass is 32.2. The molecule has 186 valence electrons. The molecule has 0 saturated heterocycles. The summed E-state index contributed by atoms with van der Waals surface area (Å²) in [6.07, 6.45) is 0. The number of imide groups is 1. The first-order valence-electron chi connectivity index (χ1n) is 11.2. The average Bonchev–Trinajstić information content (AvgIpc) is 3.04. The molecule has 0 spiro atoms. The number of hydrogen-bond acceptors (Lipinski definition) is 7. The lowest BCUT2D eigenvalue weighted by atomic mass is 10.0. The Morgan fingerprint density at radius 3 is 2.06 bits per heavy atom. The predicted octanol–water partition coefficient (Wildman–Crippen LogP) is 3.75. The molecule has 1 unspecified atom stereocenters. The minimum Gasteiger partial charge on any atom is -0.423 e. The van der Waals surface area contributed by atoms with E-state index in [0.29, 0.717) is 17.2 Å². The van der Waals surface area contributed by atoms with Crippen LogP contribution in [0.1, 0.15) is 46.1 Å². The molecule has 0 aliphatic carbocycles. The number of rotatable bonds is 7. The van der Waals surface area contributed by atoms with Gasteiger partial charge in [0.2, 0.25) is 15.9 Å². The number of benzene rings is 2. The number of hydrogen-bond donors (Lipinski definition) is 1. The molecule has 1 N–H and O–H groups in total. The highest BCUT2D eigenvalue weighted by Gasteiger charge is 2.43. The van der Waals surface area contributed by atoms with Gasteiger partial charge in [-0.1, -0.05) is 26.0 Å². The number of nitrogens with zero attached hydrogens (tertiary/aromatic N) is 4. The lowest BCUT2D eigenvalue weighted by molar-refractivity contribution is -0.121. The second kappa shape index (κ2) is 9.50. The Morgan fingerprint density at radius 2 is 1.53 bits per heavy atom. The van der Waals surface area contributed by atoms with E-state index in [-0.39, 0.29) is 27.8 Å². The van der Waals surface area contributed by atoms with Gasteiger partial charge < -0.3 is 15.0 Å². The topological polar surface area (TPSA) is 140 Å². The molecule has 11 heteroatoms. The minimum absolute atomic E-state index is 0.0260. The Labute approximate surface area is 208 Å². The third kappa shape index (κ3) is 4.82. The van der Waals surface area contributed by atoms with E-state index in [0.717, 1.165) is 4.90 Å². The van der Waals surface area contributed by atoms with Crippen molar-refractivity contribution in [3.05, 3.63) is 82.0 Å². The number of aryl methyl sites for hydroxylation is 2. The van der Waals surface area contributed by atoms with E-state index in [1.807, 2.05) is 0 Å². The summed E-state index contributed by atoms with van der Waals surface area (Å²) < 4.78 is 29.2. The van der Waals surface area contributed by atoms with Crippen LogP contribution in [-0.4, -0.2) is 47.0 Å². The molecule has 3 amide bonds. The number of fused-ring (bicyclic) bond motifs is 1. The number of carbonyl (C=O) groups excluding carboxylic acids is 3. The van der Waals surface area contributed by atoms with Gasteiger partial charge in [0.25, 0.3) is 11.8 Å². The summed E-state index contributed by atoms with van der Waals surface area (Å²) in [5, 5.41) is 2.68. The average molecular weight is 507 g/mol. The maximum atomic E-state index is 13.2. The zero-order chi connectivity index (χ0) is 26.2. The van der Waals surface area contributed by atoms with Gasteiger partial charge in [-0.3, -0.25) is 24.3 Å². The van der Waals surface area contributed by atoms with Crippen LogP contribution < -0.4 is 5.32 Å². The fourth-order valence-corrected chi connectivity index (χ4v) is 4.95. The van der Waals surface area contributed by atoms with E-state index in [9.17, 15) is 22.8 Å². The number of nitrogens with one attached hydrogen (secondary N) is 1. The summed E-state index contributed by atoms with van der Waals surface area (Å²) in [5.41, 5.74) is 1.41. The van der Waals surface area contributed by atoms with Gasteiger partial charge in [0, 0.05) is 17.2 Å². The van der Waals surface area contributed by atoms with Crippen molar-refractivity contribution in [1.29, 1.82) is 0 Å². The Bertz CT molecular complexity index is 1410. The van der Waals surface area contributed by atoms with Crippen molar-refractivity contribution < 1.29 is 22.8 Å². The van der Waals surface area contributed by atoms with Crippen LogP contribution in [0, 0.1) is 19.8 Å². The first-order chi connectivity index (χ1) is 17.0. The molecule has 1 aromatic heterocycles. The number of carbonyl (C=O) groups is 3. The highest BCUT2D eigenvalue weighted by molar-refractivity contribution is 7.94. The van der Waals surface area contributed by atoms with Crippen molar-refractivity contribution in [2.45, 2.75) is 38.6 Å². The third-order valence-electron chi connectivity index (χ3n) is 5.59. The first kappa shape index (κ1) is 25.0. The fraction of sp³-hybridized carbons (Fsp3) is 0.240. The SMILES string of the molecule is Cc1cc([N-]S(=O)(=O)c2ccc(NC(=O)C(C(C)C)N3C(=O)c4ccccc4C3=O)cc2)nc(C)n1. The summed E-state index contributed by atoms with van der Waals surface area (Å²) in [7, 11) is -4.06. The third-order valence-corrected chi connectivity index (χ3v) is 6.88. The maximum absolute atomic E-state index is 13.2. The number of aromatic nitrogens is 2. The van der Waals surface area contributed by atoms with E-state index >= 15 is 0 Å². The van der Waals surface area contributed by atoms with E-state index in [2.05, 4.69) is 20.0 Å². The monoisotopic (exact) mass is 506 g/mol. The van der Waals surface area contributed by atoms with Crippen LogP contribution in [0.2, 0.25) is 0 Å². The molecule has 0 saturated carbocycles. The molecule has 0 bridgehead atoms. The highest BCUT2D eigenvalue weighted by Crippen LogP contribution is 2.29. The Balaban J connectivity index is 1.51. The van der Waals surface area contributed by atoms with Crippen molar-refractivity contribution in [1.82, 2.24) is 14.9 Å². The normalized spacial score (nSPS) is 14.1. The van der Waals surface area contributed by atoms with E-state index < -0.39 is 33.8 Å². The Hall–Kier alpha value is -4.12. The van der Waals surface area contributed by atoms with Gasteiger partial charge in [-0.05, 0) is 68.0 Å². The lowest BCUT2D eigenvalue weighted by Gasteiger charge is -2.28. The zero-order valence-corrected chi connectivity index (χ0v) is 20.9. The number of anilines is 1. The van der Waals surface area contributed by atoms with Crippen LogP contribution in [0.3, 0.4) is 0 Å². The molecule has 36 heavy (non-hydrogen) atoms. The second-order valence-corrected chi connectivity index (χ2v) is 10.3. The molecule has 0 radical (unpaired) electrons. The van der Waals surface area contributed by atoms with Crippen LogP contribution in [0.15, 0.2) is 59.5 Å². The van der Waals surface area contributed by atoms with Gasteiger partial charge in [0.1, 0.15) is 6.04 Å². The Morgan fingerprint density at radius 1 is 0.944 bits per heavy atom. The molecular formula is C25H24N5O5S-. The predicted molar refractivity (Wildman–Crippen MR) is 132 cm³/mol. The molecule has 1 aliphatic rings. The first-order valence-corrected chi connectivity index (χ1v) is 12.6.